The summed E-state index contributed by atoms with van der Waals surface area (Å²) in [6, 6.07) is 4.17. The number of pyridine rings is 1. The molecule has 2 aliphatic heterocycles. The fraction of sp³-hybridized carbons (Fsp3) is 0.381. The summed E-state index contributed by atoms with van der Waals surface area (Å²) >= 11 is 2.83. The summed E-state index contributed by atoms with van der Waals surface area (Å²) in [6.07, 6.45) is 5.13. The zero-order valence-electron chi connectivity index (χ0n) is 17.1. The Morgan fingerprint density at radius 1 is 1.00 bits per heavy atom. The van der Waals surface area contributed by atoms with Crippen molar-refractivity contribution in [1.29, 1.82) is 0 Å². The van der Waals surface area contributed by atoms with Crippen LogP contribution >= 0.6 is 22.7 Å². The van der Waals surface area contributed by atoms with Gasteiger partial charge in [-0.3, -0.25) is 19.5 Å². The maximum atomic E-state index is 13.0. The van der Waals surface area contributed by atoms with Crippen LogP contribution in [0.25, 0.3) is 10.6 Å². The molecule has 3 aromatic rings. The minimum Gasteiger partial charge on any atom is -0.335 e. The summed E-state index contributed by atoms with van der Waals surface area (Å²) in [5.41, 5.74) is 1.76. The van der Waals surface area contributed by atoms with E-state index in [1.54, 1.807) is 18.6 Å². The smallest absolute Gasteiger partial charge is 0.282 e. The van der Waals surface area contributed by atoms with Crippen LogP contribution < -0.4 is 0 Å². The molecule has 31 heavy (non-hydrogen) atoms. The number of likely N-dealkylation sites (tertiary alicyclic amines) is 1. The number of aromatic nitrogens is 3. The van der Waals surface area contributed by atoms with E-state index >= 15 is 0 Å². The van der Waals surface area contributed by atoms with Gasteiger partial charge in [0, 0.05) is 74.8 Å². The van der Waals surface area contributed by atoms with Crippen LogP contribution in [0, 0.1) is 6.92 Å². The zero-order chi connectivity index (χ0) is 21.4. The number of piperazine rings is 1. The number of carbonyl (C=O) groups excluding carboxylic acids is 2. The Morgan fingerprint density at radius 3 is 2.42 bits per heavy atom. The zero-order valence-corrected chi connectivity index (χ0v) is 18.7. The molecular formula is C21H22N6O2S2. The first-order valence-electron chi connectivity index (χ1n) is 10.2. The first-order valence-corrected chi connectivity index (χ1v) is 11.9. The Kier molecular flexibility index (Phi) is 5.51. The van der Waals surface area contributed by atoms with Crippen LogP contribution in [0.5, 0.6) is 0 Å². The van der Waals surface area contributed by atoms with Gasteiger partial charge in [0.05, 0.1) is 5.69 Å². The third kappa shape index (κ3) is 3.98. The van der Waals surface area contributed by atoms with Gasteiger partial charge in [0.1, 0.15) is 9.88 Å². The average molecular weight is 455 g/mol. The highest BCUT2D eigenvalue weighted by molar-refractivity contribution is 7.17. The van der Waals surface area contributed by atoms with Gasteiger partial charge in [-0.2, -0.15) is 0 Å². The monoisotopic (exact) mass is 454 g/mol. The van der Waals surface area contributed by atoms with Crippen molar-refractivity contribution in [2.75, 3.05) is 39.3 Å². The molecule has 2 fully saturated rings. The number of amides is 2. The molecule has 0 unspecified atom stereocenters. The Morgan fingerprint density at radius 2 is 1.74 bits per heavy atom. The SMILES string of the molecule is Cc1nc(-c2ccncc2)sc1C(=O)N1CC(N2CCN(C(=O)c3nccs3)CC2)C1. The fourth-order valence-electron chi connectivity index (χ4n) is 3.96. The van der Waals surface area contributed by atoms with Gasteiger partial charge in [0.25, 0.3) is 11.8 Å². The number of hydrogen-bond donors (Lipinski definition) is 0. The minimum atomic E-state index is 0.0192. The van der Waals surface area contributed by atoms with Crippen molar-refractivity contribution in [3.8, 4) is 10.6 Å². The Labute approximate surface area is 188 Å². The van der Waals surface area contributed by atoms with Gasteiger partial charge in [0.15, 0.2) is 5.01 Å². The van der Waals surface area contributed by atoms with Gasteiger partial charge in [0.2, 0.25) is 0 Å². The molecule has 0 bridgehead atoms. The van der Waals surface area contributed by atoms with Crippen LogP contribution in [0.15, 0.2) is 36.1 Å². The van der Waals surface area contributed by atoms with E-state index in [9.17, 15) is 9.59 Å². The Balaban J connectivity index is 1.15. The molecule has 160 valence electrons. The Hall–Kier alpha value is -2.69. The van der Waals surface area contributed by atoms with Crippen LogP contribution in [0.1, 0.15) is 25.2 Å². The van der Waals surface area contributed by atoms with Gasteiger partial charge in [-0.15, -0.1) is 22.7 Å². The van der Waals surface area contributed by atoms with Crippen LogP contribution in [-0.2, 0) is 0 Å². The van der Waals surface area contributed by atoms with Gasteiger partial charge in [-0.1, -0.05) is 0 Å². The van der Waals surface area contributed by atoms with Crippen molar-refractivity contribution >= 4 is 34.5 Å². The molecule has 0 N–H and O–H groups in total. The Bertz CT molecular complexity index is 1070. The number of rotatable bonds is 4. The highest BCUT2D eigenvalue weighted by Crippen LogP contribution is 2.30. The predicted octanol–water partition coefficient (Wildman–Crippen LogP) is 2.25. The summed E-state index contributed by atoms with van der Waals surface area (Å²) in [5, 5.41) is 3.23. The molecule has 8 nitrogen and oxygen atoms in total. The first-order chi connectivity index (χ1) is 15.1. The molecule has 0 radical (unpaired) electrons. The van der Waals surface area contributed by atoms with Crippen molar-refractivity contribution in [3.05, 3.63) is 51.7 Å². The highest BCUT2D eigenvalue weighted by atomic mass is 32.1. The van der Waals surface area contributed by atoms with E-state index in [2.05, 4.69) is 19.9 Å². The quantitative estimate of drug-likeness (QED) is 0.601. The van der Waals surface area contributed by atoms with Gasteiger partial charge in [-0.25, -0.2) is 9.97 Å². The molecule has 3 aromatic heterocycles. The van der Waals surface area contributed by atoms with Gasteiger partial charge in [-0.05, 0) is 19.1 Å². The van der Waals surface area contributed by atoms with E-state index in [0.717, 1.165) is 42.4 Å². The maximum absolute atomic E-state index is 13.0. The van der Waals surface area contributed by atoms with Gasteiger partial charge < -0.3 is 9.80 Å². The van der Waals surface area contributed by atoms with Crippen LogP contribution in [0.2, 0.25) is 0 Å². The van der Waals surface area contributed by atoms with E-state index < -0.39 is 0 Å². The third-order valence-corrected chi connectivity index (χ3v) is 7.76. The predicted molar refractivity (Wildman–Crippen MR) is 119 cm³/mol. The molecule has 2 saturated heterocycles. The number of carbonyl (C=O) groups is 2. The lowest BCUT2D eigenvalue weighted by Crippen LogP contribution is -2.64. The van der Waals surface area contributed by atoms with E-state index in [4.69, 9.17) is 0 Å². The van der Waals surface area contributed by atoms with Crippen LogP contribution in [0.3, 0.4) is 0 Å². The molecule has 0 atom stereocenters. The number of thiazole rings is 2. The topological polar surface area (TPSA) is 82.5 Å². The number of hydrogen-bond acceptors (Lipinski definition) is 8. The number of aryl methyl sites for hydroxylation is 1. The summed E-state index contributed by atoms with van der Waals surface area (Å²) in [4.78, 5) is 45.1. The fourth-order valence-corrected chi connectivity index (χ4v) is 5.60. The normalized spacial score (nSPS) is 17.6. The molecule has 2 amide bonds. The average Bonchev–Trinajstić information content (AvgIpc) is 3.43. The van der Waals surface area contributed by atoms with Crippen molar-refractivity contribution in [1.82, 2.24) is 29.7 Å². The van der Waals surface area contributed by atoms with Crippen molar-refractivity contribution in [3.63, 3.8) is 0 Å². The van der Waals surface area contributed by atoms with Crippen molar-refractivity contribution < 1.29 is 9.59 Å². The molecule has 0 spiro atoms. The van der Waals surface area contributed by atoms with Crippen LogP contribution in [0.4, 0.5) is 0 Å². The summed E-state index contributed by atoms with van der Waals surface area (Å²) in [7, 11) is 0. The van der Waals surface area contributed by atoms with E-state index in [1.165, 1.54) is 22.7 Å². The second-order valence-electron chi connectivity index (χ2n) is 7.70. The van der Waals surface area contributed by atoms with Gasteiger partial charge >= 0.3 is 0 Å². The third-order valence-electron chi connectivity index (χ3n) is 5.80. The maximum Gasteiger partial charge on any atom is 0.282 e. The van der Waals surface area contributed by atoms with E-state index in [-0.39, 0.29) is 11.8 Å². The molecule has 0 aliphatic carbocycles. The lowest BCUT2D eigenvalue weighted by molar-refractivity contribution is 0.00874. The molecule has 10 heteroatoms. The number of nitrogens with zero attached hydrogens (tertiary/aromatic N) is 6. The van der Waals surface area contributed by atoms with E-state index in [1.807, 2.05) is 34.2 Å². The molecule has 5 heterocycles. The first kappa shape index (κ1) is 20.2. The van der Waals surface area contributed by atoms with Crippen molar-refractivity contribution in [2.45, 2.75) is 13.0 Å². The molecular weight excluding hydrogens is 432 g/mol. The van der Waals surface area contributed by atoms with E-state index in [0.29, 0.717) is 29.0 Å². The largest absolute Gasteiger partial charge is 0.335 e. The molecule has 0 aromatic carbocycles. The van der Waals surface area contributed by atoms with Crippen LogP contribution in [-0.4, -0.2) is 86.8 Å². The second kappa shape index (κ2) is 8.45. The van der Waals surface area contributed by atoms with Crippen molar-refractivity contribution in [2.24, 2.45) is 0 Å². The standard InChI is InChI=1S/C21H22N6O2S2/c1-14-17(31-18(24-14)15-2-4-22-5-3-15)20(28)27-12-16(13-27)25-7-9-26(10-8-25)21(29)19-23-6-11-30-19/h2-6,11,16H,7-10,12-13H2,1H3. The minimum absolute atomic E-state index is 0.0192. The highest BCUT2D eigenvalue weighted by Gasteiger charge is 2.38. The molecule has 5 rings (SSSR count). The lowest BCUT2D eigenvalue weighted by Gasteiger charge is -2.47. The summed E-state index contributed by atoms with van der Waals surface area (Å²) in [6.45, 7) is 6.40. The second-order valence-corrected chi connectivity index (χ2v) is 9.59. The summed E-state index contributed by atoms with van der Waals surface area (Å²) in [5.74, 6) is 0.0786. The molecule has 0 saturated carbocycles. The lowest BCUT2D eigenvalue weighted by atomic mass is 10.1. The molecule has 2 aliphatic rings. The summed E-state index contributed by atoms with van der Waals surface area (Å²) < 4.78 is 0.